The summed E-state index contributed by atoms with van der Waals surface area (Å²) in [6.45, 7) is 3.74. The van der Waals surface area contributed by atoms with Crippen molar-refractivity contribution in [2.75, 3.05) is 12.4 Å². The molecule has 2 N–H and O–H groups in total. The van der Waals surface area contributed by atoms with Gasteiger partial charge >= 0.3 is 5.97 Å². The van der Waals surface area contributed by atoms with E-state index in [4.69, 9.17) is 0 Å². The van der Waals surface area contributed by atoms with E-state index in [0.717, 1.165) is 19.3 Å². The SMILES string of the molecule is COC(=O)c1ccc(NC(=O)/C(C)=C/C(=O)NC2CCCCC2C)cc1. The molecule has 1 aliphatic rings. The van der Waals surface area contributed by atoms with E-state index in [9.17, 15) is 14.4 Å². The topological polar surface area (TPSA) is 84.5 Å². The van der Waals surface area contributed by atoms with Crippen LogP contribution in [0.4, 0.5) is 5.69 Å². The molecule has 2 rings (SSSR count). The monoisotopic (exact) mass is 358 g/mol. The van der Waals surface area contributed by atoms with E-state index >= 15 is 0 Å². The third-order valence-corrected chi connectivity index (χ3v) is 4.71. The summed E-state index contributed by atoms with van der Waals surface area (Å²) in [5, 5.41) is 5.70. The molecular weight excluding hydrogens is 332 g/mol. The number of nitrogens with one attached hydrogen (secondary N) is 2. The number of benzene rings is 1. The first-order chi connectivity index (χ1) is 12.4. The molecular formula is C20H26N2O4. The lowest BCUT2D eigenvalue weighted by atomic mass is 9.86. The average Bonchev–Trinajstić information content (AvgIpc) is 2.63. The zero-order valence-electron chi connectivity index (χ0n) is 15.5. The smallest absolute Gasteiger partial charge is 0.337 e. The van der Waals surface area contributed by atoms with E-state index in [2.05, 4.69) is 22.3 Å². The van der Waals surface area contributed by atoms with Crippen molar-refractivity contribution in [3.63, 3.8) is 0 Å². The molecule has 2 atom stereocenters. The Bertz CT molecular complexity index is 694. The van der Waals surface area contributed by atoms with E-state index in [1.165, 1.54) is 19.6 Å². The van der Waals surface area contributed by atoms with Crippen LogP contribution in [0.3, 0.4) is 0 Å². The zero-order valence-corrected chi connectivity index (χ0v) is 15.5. The molecule has 0 heterocycles. The number of hydrogen-bond acceptors (Lipinski definition) is 4. The number of rotatable bonds is 5. The first kappa shape index (κ1) is 19.7. The number of anilines is 1. The van der Waals surface area contributed by atoms with E-state index in [-0.39, 0.29) is 17.9 Å². The molecule has 1 saturated carbocycles. The highest BCUT2D eigenvalue weighted by Gasteiger charge is 2.22. The normalized spacial score (nSPS) is 20.2. The van der Waals surface area contributed by atoms with Crippen molar-refractivity contribution in [1.82, 2.24) is 5.32 Å². The summed E-state index contributed by atoms with van der Waals surface area (Å²) >= 11 is 0. The van der Waals surface area contributed by atoms with Crippen LogP contribution in [0.5, 0.6) is 0 Å². The number of carbonyl (C=O) groups excluding carboxylic acids is 3. The Morgan fingerprint density at radius 1 is 1.12 bits per heavy atom. The first-order valence-corrected chi connectivity index (χ1v) is 8.89. The Balaban J connectivity index is 1.92. The molecule has 1 aliphatic carbocycles. The lowest BCUT2D eigenvalue weighted by molar-refractivity contribution is -0.118. The van der Waals surface area contributed by atoms with Crippen molar-refractivity contribution in [3.8, 4) is 0 Å². The van der Waals surface area contributed by atoms with Crippen LogP contribution in [-0.4, -0.2) is 30.9 Å². The molecule has 1 aromatic carbocycles. The minimum atomic E-state index is -0.437. The molecule has 0 spiro atoms. The Morgan fingerprint density at radius 2 is 1.77 bits per heavy atom. The summed E-state index contributed by atoms with van der Waals surface area (Å²) in [6.07, 6.45) is 5.77. The van der Waals surface area contributed by atoms with Crippen molar-refractivity contribution in [2.24, 2.45) is 5.92 Å². The lowest BCUT2D eigenvalue weighted by Gasteiger charge is -2.29. The molecule has 0 aliphatic heterocycles. The van der Waals surface area contributed by atoms with E-state index in [0.29, 0.717) is 22.7 Å². The van der Waals surface area contributed by atoms with Crippen LogP contribution in [-0.2, 0) is 14.3 Å². The van der Waals surface area contributed by atoms with Gasteiger partial charge in [-0.25, -0.2) is 4.79 Å². The van der Waals surface area contributed by atoms with E-state index < -0.39 is 5.97 Å². The van der Waals surface area contributed by atoms with Crippen LogP contribution in [0.25, 0.3) is 0 Å². The standard InChI is InChI=1S/C20H26N2O4/c1-13-6-4-5-7-17(13)22-18(23)12-14(2)19(24)21-16-10-8-15(9-11-16)20(25)26-3/h8-13,17H,4-7H2,1-3H3,(H,21,24)(H,22,23)/b14-12+. The zero-order chi connectivity index (χ0) is 19.1. The molecule has 0 aromatic heterocycles. The fraction of sp³-hybridized carbons (Fsp3) is 0.450. The van der Waals surface area contributed by atoms with Crippen molar-refractivity contribution < 1.29 is 19.1 Å². The molecule has 6 heteroatoms. The highest BCUT2D eigenvalue weighted by atomic mass is 16.5. The number of ether oxygens (including phenoxy) is 1. The average molecular weight is 358 g/mol. The fourth-order valence-corrected chi connectivity index (χ4v) is 3.05. The third kappa shape index (κ3) is 5.44. The molecule has 0 radical (unpaired) electrons. The van der Waals surface area contributed by atoms with Crippen molar-refractivity contribution in [2.45, 2.75) is 45.6 Å². The highest BCUT2D eigenvalue weighted by molar-refractivity contribution is 6.07. The molecule has 26 heavy (non-hydrogen) atoms. The second-order valence-electron chi connectivity index (χ2n) is 6.73. The van der Waals surface area contributed by atoms with Gasteiger partial charge in [0.05, 0.1) is 12.7 Å². The predicted octanol–water partition coefficient (Wildman–Crippen LogP) is 3.05. The van der Waals surface area contributed by atoms with Crippen LogP contribution in [0.2, 0.25) is 0 Å². The predicted molar refractivity (Wildman–Crippen MR) is 99.7 cm³/mol. The first-order valence-electron chi connectivity index (χ1n) is 8.89. The number of amides is 2. The maximum absolute atomic E-state index is 12.2. The largest absolute Gasteiger partial charge is 0.465 e. The van der Waals surface area contributed by atoms with Gasteiger partial charge in [0.2, 0.25) is 5.91 Å². The maximum Gasteiger partial charge on any atom is 0.337 e. The fourth-order valence-electron chi connectivity index (χ4n) is 3.05. The molecule has 2 unspecified atom stereocenters. The van der Waals surface area contributed by atoms with Gasteiger partial charge in [0, 0.05) is 23.4 Å². The van der Waals surface area contributed by atoms with Crippen molar-refractivity contribution >= 4 is 23.5 Å². The summed E-state index contributed by atoms with van der Waals surface area (Å²) in [5.74, 6) is -0.573. The molecule has 1 aromatic rings. The molecule has 0 saturated heterocycles. The van der Waals surface area contributed by atoms with Gasteiger partial charge in [0.25, 0.3) is 5.91 Å². The number of esters is 1. The van der Waals surface area contributed by atoms with Gasteiger partial charge in [-0.15, -0.1) is 0 Å². The lowest BCUT2D eigenvalue weighted by Crippen LogP contribution is -2.40. The van der Waals surface area contributed by atoms with Crippen LogP contribution in [0, 0.1) is 5.92 Å². The molecule has 6 nitrogen and oxygen atoms in total. The number of hydrogen-bond donors (Lipinski definition) is 2. The van der Waals surface area contributed by atoms with Gasteiger partial charge in [-0.2, -0.15) is 0 Å². The summed E-state index contributed by atoms with van der Waals surface area (Å²) < 4.78 is 4.63. The Labute approximate surface area is 154 Å². The second-order valence-corrected chi connectivity index (χ2v) is 6.73. The summed E-state index contributed by atoms with van der Waals surface area (Å²) in [5.41, 5.74) is 1.26. The third-order valence-electron chi connectivity index (χ3n) is 4.71. The van der Waals surface area contributed by atoms with Crippen LogP contribution < -0.4 is 10.6 Å². The molecule has 2 amide bonds. The Kier molecular flexibility index (Phi) is 6.95. The van der Waals surface area contributed by atoms with Crippen LogP contribution in [0.15, 0.2) is 35.9 Å². The summed E-state index contributed by atoms with van der Waals surface area (Å²) in [6, 6.07) is 6.53. The van der Waals surface area contributed by atoms with Gasteiger partial charge in [-0.05, 0) is 49.9 Å². The van der Waals surface area contributed by atoms with Gasteiger partial charge in [0.1, 0.15) is 0 Å². The van der Waals surface area contributed by atoms with Gasteiger partial charge in [-0.3, -0.25) is 9.59 Å². The minimum absolute atomic E-state index is 0.175. The summed E-state index contributed by atoms with van der Waals surface area (Å²) in [4.78, 5) is 35.8. The van der Waals surface area contributed by atoms with Gasteiger partial charge in [-0.1, -0.05) is 19.8 Å². The maximum atomic E-state index is 12.2. The molecule has 0 bridgehead atoms. The minimum Gasteiger partial charge on any atom is -0.465 e. The van der Waals surface area contributed by atoms with Gasteiger partial charge < -0.3 is 15.4 Å². The van der Waals surface area contributed by atoms with Crippen LogP contribution in [0.1, 0.15) is 49.9 Å². The quantitative estimate of drug-likeness (QED) is 0.626. The van der Waals surface area contributed by atoms with Crippen molar-refractivity contribution in [1.29, 1.82) is 0 Å². The van der Waals surface area contributed by atoms with Crippen LogP contribution >= 0.6 is 0 Å². The number of carbonyl (C=O) groups is 3. The van der Waals surface area contributed by atoms with E-state index in [1.807, 2.05) is 0 Å². The Morgan fingerprint density at radius 3 is 2.38 bits per heavy atom. The Hall–Kier alpha value is -2.63. The van der Waals surface area contributed by atoms with E-state index in [1.54, 1.807) is 31.2 Å². The highest BCUT2D eigenvalue weighted by Crippen LogP contribution is 2.23. The second kappa shape index (κ2) is 9.17. The van der Waals surface area contributed by atoms with Gasteiger partial charge in [0.15, 0.2) is 0 Å². The molecule has 140 valence electrons. The molecule has 1 fully saturated rings. The summed E-state index contributed by atoms with van der Waals surface area (Å²) in [7, 11) is 1.31. The van der Waals surface area contributed by atoms with Crippen molar-refractivity contribution in [3.05, 3.63) is 41.5 Å². The number of methoxy groups -OCH3 is 1.